The Morgan fingerprint density at radius 3 is 2.33 bits per heavy atom. The normalized spacial score (nSPS) is 15.3. The lowest BCUT2D eigenvalue weighted by atomic mass is 10.2. The number of nitrogens with zero attached hydrogens (tertiary/aromatic N) is 3. The van der Waals surface area contributed by atoms with Crippen molar-refractivity contribution in [2.24, 2.45) is 0 Å². The zero-order valence-corrected chi connectivity index (χ0v) is 14.2. The van der Waals surface area contributed by atoms with E-state index in [-0.39, 0.29) is 6.03 Å². The summed E-state index contributed by atoms with van der Waals surface area (Å²) in [7, 11) is 0. The first-order valence-electron chi connectivity index (χ1n) is 8.09. The third-order valence-corrected chi connectivity index (χ3v) is 4.42. The molecule has 1 N–H and O–H groups in total. The predicted octanol–water partition coefficient (Wildman–Crippen LogP) is 2.76. The van der Waals surface area contributed by atoms with Gasteiger partial charge >= 0.3 is 6.03 Å². The largest absolute Gasteiger partial charge is 0.334 e. The van der Waals surface area contributed by atoms with Crippen molar-refractivity contribution in [2.75, 3.05) is 26.2 Å². The van der Waals surface area contributed by atoms with E-state index in [0.717, 1.165) is 43.3 Å². The van der Waals surface area contributed by atoms with Crippen LogP contribution in [0.5, 0.6) is 0 Å². The zero-order chi connectivity index (χ0) is 16.8. The molecule has 1 fully saturated rings. The zero-order valence-electron chi connectivity index (χ0n) is 13.5. The van der Waals surface area contributed by atoms with Crippen molar-refractivity contribution in [2.45, 2.75) is 13.1 Å². The van der Waals surface area contributed by atoms with Crippen LogP contribution in [0.2, 0.25) is 5.02 Å². The van der Waals surface area contributed by atoms with E-state index in [4.69, 9.17) is 11.6 Å². The van der Waals surface area contributed by atoms with E-state index in [1.165, 1.54) is 5.56 Å². The second kappa shape index (κ2) is 8.13. The van der Waals surface area contributed by atoms with Crippen molar-refractivity contribution in [3.63, 3.8) is 0 Å². The van der Waals surface area contributed by atoms with Gasteiger partial charge in [0.15, 0.2) is 0 Å². The number of halogens is 1. The Labute approximate surface area is 147 Å². The average molecular weight is 345 g/mol. The first-order valence-corrected chi connectivity index (χ1v) is 8.47. The summed E-state index contributed by atoms with van der Waals surface area (Å²) in [6.07, 6.45) is 3.47. The molecule has 1 aromatic heterocycles. The minimum absolute atomic E-state index is 0.00189. The fraction of sp³-hybridized carbons (Fsp3) is 0.333. The molecule has 0 atom stereocenters. The summed E-state index contributed by atoms with van der Waals surface area (Å²) >= 11 is 5.91. The van der Waals surface area contributed by atoms with E-state index >= 15 is 0 Å². The third-order valence-electron chi connectivity index (χ3n) is 4.17. The van der Waals surface area contributed by atoms with Crippen molar-refractivity contribution in [1.82, 2.24) is 20.1 Å². The molecule has 1 aliphatic heterocycles. The molecule has 0 bridgehead atoms. The number of piperazine rings is 1. The SMILES string of the molecule is O=C(NCc1ccncc1)N1CCN(Cc2ccc(Cl)cc2)CC1. The molecule has 126 valence electrons. The van der Waals surface area contributed by atoms with Crippen LogP contribution in [-0.4, -0.2) is 47.0 Å². The summed E-state index contributed by atoms with van der Waals surface area (Å²) in [5.41, 5.74) is 2.30. The van der Waals surface area contributed by atoms with Crippen molar-refractivity contribution in [3.8, 4) is 0 Å². The molecule has 1 aliphatic rings. The summed E-state index contributed by atoms with van der Waals surface area (Å²) < 4.78 is 0. The highest BCUT2D eigenvalue weighted by molar-refractivity contribution is 6.30. The maximum absolute atomic E-state index is 12.2. The summed E-state index contributed by atoms with van der Waals surface area (Å²) in [6, 6.07) is 11.7. The topological polar surface area (TPSA) is 48.5 Å². The number of carbonyl (C=O) groups is 1. The first-order chi connectivity index (χ1) is 11.7. The summed E-state index contributed by atoms with van der Waals surface area (Å²) in [4.78, 5) is 20.4. The van der Waals surface area contributed by atoms with Crippen LogP contribution < -0.4 is 5.32 Å². The maximum Gasteiger partial charge on any atom is 0.317 e. The minimum atomic E-state index is -0.00189. The Bertz CT molecular complexity index is 654. The number of carbonyl (C=O) groups excluding carboxylic acids is 1. The Morgan fingerprint density at radius 1 is 1.00 bits per heavy atom. The Morgan fingerprint density at radius 2 is 1.67 bits per heavy atom. The number of nitrogens with one attached hydrogen (secondary N) is 1. The quantitative estimate of drug-likeness (QED) is 0.927. The number of hydrogen-bond donors (Lipinski definition) is 1. The second-order valence-corrected chi connectivity index (χ2v) is 6.34. The van der Waals surface area contributed by atoms with Gasteiger partial charge in [-0.2, -0.15) is 0 Å². The lowest BCUT2D eigenvalue weighted by molar-refractivity contribution is 0.135. The highest BCUT2D eigenvalue weighted by Crippen LogP contribution is 2.13. The number of urea groups is 1. The molecule has 2 aromatic rings. The van der Waals surface area contributed by atoms with Crippen molar-refractivity contribution in [1.29, 1.82) is 0 Å². The number of pyridine rings is 1. The molecule has 1 saturated heterocycles. The van der Waals surface area contributed by atoms with Crippen molar-refractivity contribution >= 4 is 17.6 Å². The van der Waals surface area contributed by atoms with Gasteiger partial charge in [-0.05, 0) is 35.4 Å². The van der Waals surface area contributed by atoms with E-state index in [2.05, 4.69) is 27.3 Å². The monoisotopic (exact) mass is 344 g/mol. The standard InChI is InChI=1S/C18H21ClN4O/c19-17-3-1-16(2-4-17)14-22-9-11-23(12-10-22)18(24)21-13-15-5-7-20-8-6-15/h1-8H,9-14H2,(H,21,24). The average Bonchev–Trinajstić information content (AvgIpc) is 2.63. The molecule has 0 aliphatic carbocycles. The maximum atomic E-state index is 12.2. The molecule has 2 heterocycles. The van der Waals surface area contributed by atoms with Gasteiger partial charge in [-0.1, -0.05) is 23.7 Å². The molecule has 3 rings (SSSR count). The van der Waals surface area contributed by atoms with Gasteiger partial charge in [-0.3, -0.25) is 9.88 Å². The molecule has 6 heteroatoms. The Balaban J connectivity index is 1.42. The van der Waals surface area contributed by atoms with Crippen LogP contribution in [-0.2, 0) is 13.1 Å². The number of rotatable bonds is 4. The van der Waals surface area contributed by atoms with Crippen LogP contribution in [0, 0.1) is 0 Å². The Hall–Kier alpha value is -2.11. The number of amides is 2. The molecular formula is C18H21ClN4O. The highest BCUT2D eigenvalue weighted by atomic mass is 35.5. The Kier molecular flexibility index (Phi) is 5.67. The number of aromatic nitrogens is 1. The predicted molar refractivity (Wildman–Crippen MR) is 94.8 cm³/mol. The fourth-order valence-corrected chi connectivity index (χ4v) is 2.87. The number of benzene rings is 1. The molecule has 24 heavy (non-hydrogen) atoms. The molecule has 2 amide bonds. The van der Waals surface area contributed by atoms with Gasteiger partial charge in [0.25, 0.3) is 0 Å². The molecule has 0 saturated carbocycles. The number of hydrogen-bond acceptors (Lipinski definition) is 3. The van der Waals surface area contributed by atoms with Crippen LogP contribution in [0.1, 0.15) is 11.1 Å². The molecule has 0 spiro atoms. The molecule has 0 radical (unpaired) electrons. The van der Waals surface area contributed by atoms with E-state index in [1.807, 2.05) is 29.2 Å². The molecule has 5 nitrogen and oxygen atoms in total. The van der Waals surface area contributed by atoms with Gasteiger partial charge < -0.3 is 10.2 Å². The minimum Gasteiger partial charge on any atom is -0.334 e. The fourth-order valence-electron chi connectivity index (χ4n) is 2.75. The van der Waals surface area contributed by atoms with E-state index in [0.29, 0.717) is 6.54 Å². The van der Waals surface area contributed by atoms with Gasteiger partial charge in [0.2, 0.25) is 0 Å². The lowest BCUT2D eigenvalue weighted by Crippen LogP contribution is -2.51. The summed E-state index contributed by atoms with van der Waals surface area (Å²) in [6.45, 7) is 4.68. The van der Waals surface area contributed by atoms with Crippen LogP contribution in [0.15, 0.2) is 48.8 Å². The van der Waals surface area contributed by atoms with Gasteiger partial charge in [0.1, 0.15) is 0 Å². The first kappa shape index (κ1) is 16.7. The van der Waals surface area contributed by atoms with Crippen LogP contribution in [0.4, 0.5) is 4.79 Å². The lowest BCUT2D eigenvalue weighted by Gasteiger charge is -2.34. The van der Waals surface area contributed by atoms with E-state index < -0.39 is 0 Å². The molecule has 1 aromatic carbocycles. The molecular weight excluding hydrogens is 324 g/mol. The summed E-state index contributed by atoms with van der Waals surface area (Å²) in [5.74, 6) is 0. The second-order valence-electron chi connectivity index (χ2n) is 5.90. The van der Waals surface area contributed by atoms with Gasteiger partial charge in [0.05, 0.1) is 0 Å². The van der Waals surface area contributed by atoms with Gasteiger partial charge in [-0.15, -0.1) is 0 Å². The summed E-state index contributed by atoms with van der Waals surface area (Å²) in [5, 5.41) is 3.72. The van der Waals surface area contributed by atoms with Gasteiger partial charge in [0, 0.05) is 56.7 Å². The van der Waals surface area contributed by atoms with Crippen LogP contribution in [0.3, 0.4) is 0 Å². The van der Waals surface area contributed by atoms with Crippen LogP contribution >= 0.6 is 11.6 Å². The smallest absolute Gasteiger partial charge is 0.317 e. The van der Waals surface area contributed by atoms with Gasteiger partial charge in [-0.25, -0.2) is 4.79 Å². The van der Waals surface area contributed by atoms with E-state index in [9.17, 15) is 4.79 Å². The van der Waals surface area contributed by atoms with Crippen molar-refractivity contribution in [3.05, 3.63) is 64.9 Å². The third kappa shape index (κ3) is 4.69. The van der Waals surface area contributed by atoms with Crippen molar-refractivity contribution < 1.29 is 4.79 Å². The van der Waals surface area contributed by atoms with Crippen LogP contribution in [0.25, 0.3) is 0 Å². The molecule has 0 unspecified atom stereocenters. The van der Waals surface area contributed by atoms with E-state index in [1.54, 1.807) is 12.4 Å². The highest BCUT2D eigenvalue weighted by Gasteiger charge is 2.20.